The highest BCUT2D eigenvalue weighted by Gasteiger charge is 2.20. The fourth-order valence-electron chi connectivity index (χ4n) is 2.80. The van der Waals surface area contributed by atoms with Crippen molar-refractivity contribution in [3.05, 3.63) is 35.4 Å². The molecule has 1 aliphatic rings. The minimum atomic E-state index is -0.592. The van der Waals surface area contributed by atoms with Crippen LogP contribution in [-0.4, -0.2) is 55.0 Å². The molecule has 1 heterocycles. The average Bonchev–Trinajstić information content (AvgIpc) is 3.08. The van der Waals surface area contributed by atoms with Crippen LogP contribution in [0.15, 0.2) is 24.3 Å². The highest BCUT2D eigenvalue weighted by Crippen LogP contribution is 2.15. The summed E-state index contributed by atoms with van der Waals surface area (Å²) >= 11 is 0. The summed E-state index contributed by atoms with van der Waals surface area (Å²) in [7, 11) is 0. The van der Waals surface area contributed by atoms with Gasteiger partial charge in [-0.25, -0.2) is 4.79 Å². The Kier molecular flexibility index (Phi) is 8.45. The number of esters is 2. The molecule has 28 heavy (non-hydrogen) atoms. The zero-order chi connectivity index (χ0) is 20.4. The van der Waals surface area contributed by atoms with E-state index in [1.165, 1.54) is 0 Å². The minimum absolute atomic E-state index is 0.150. The Hall–Kier alpha value is -2.90. The van der Waals surface area contributed by atoms with Gasteiger partial charge in [0, 0.05) is 32.5 Å². The lowest BCUT2D eigenvalue weighted by atomic mass is 10.1. The third-order valence-electron chi connectivity index (χ3n) is 4.25. The summed E-state index contributed by atoms with van der Waals surface area (Å²) in [5.41, 5.74) is 1.28. The van der Waals surface area contributed by atoms with E-state index in [1.807, 2.05) is 0 Å². The molecule has 1 saturated heterocycles. The van der Waals surface area contributed by atoms with Crippen molar-refractivity contribution in [1.29, 1.82) is 0 Å². The Bertz CT molecular complexity index is 701. The van der Waals surface area contributed by atoms with Crippen LogP contribution in [0.1, 0.15) is 48.5 Å². The lowest BCUT2D eigenvalue weighted by molar-refractivity contribution is -0.143. The fraction of sp³-hybridized carbons (Fsp3) is 0.500. The van der Waals surface area contributed by atoms with Crippen LogP contribution in [0.2, 0.25) is 0 Å². The number of nitrogens with one attached hydrogen (secondary N) is 1. The molecule has 1 aromatic carbocycles. The smallest absolute Gasteiger partial charge is 0.338 e. The topological polar surface area (TPSA) is 102 Å². The second-order valence-corrected chi connectivity index (χ2v) is 6.45. The van der Waals surface area contributed by atoms with Crippen LogP contribution in [-0.2, 0) is 30.4 Å². The monoisotopic (exact) mass is 390 g/mol. The van der Waals surface area contributed by atoms with Crippen molar-refractivity contribution in [2.45, 2.75) is 39.2 Å². The van der Waals surface area contributed by atoms with Crippen molar-refractivity contribution >= 4 is 23.8 Å². The van der Waals surface area contributed by atoms with E-state index in [0.717, 1.165) is 18.5 Å². The first-order valence-electron chi connectivity index (χ1n) is 9.45. The molecule has 0 unspecified atom stereocenters. The molecule has 0 aliphatic carbocycles. The van der Waals surface area contributed by atoms with Crippen molar-refractivity contribution in [1.82, 2.24) is 10.2 Å². The lowest BCUT2D eigenvalue weighted by Gasteiger charge is -2.15. The number of likely N-dealkylation sites (tertiary alicyclic amines) is 1. The number of nitrogens with zero attached hydrogens (tertiary/aromatic N) is 1. The van der Waals surface area contributed by atoms with Gasteiger partial charge in [0.25, 0.3) is 5.91 Å². The van der Waals surface area contributed by atoms with E-state index in [1.54, 1.807) is 36.1 Å². The van der Waals surface area contributed by atoms with Crippen LogP contribution in [0.3, 0.4) is 0 Å². The summed E-state index contributed by atoms with van der Waals surface area (Å²) in [5.74, 6) is -1.18. The predicted octanol–water partition coefficient (Wildman–Crippen LogP) is 1.43. The second kappa shape index (κ2) is 11.1. The SMILES string of the molecule is CCOC(=O)CCCNC(=O)COC(=O)c1ccc(CN2CCCC2=O)cc1. The zero-order valence-corrected chi connectivity index (χ0v) is 16.1. The first kappa shape index (κ1) is 21.4. The maximum absolute atomic E-state index is 12.0. The molecule has 1 aliphatic heterocycles. The summed E-state index contributed by atoms with van der Waals surface area (Å²) in [4.78, 5) is 48.3. The molecule has 152 valence electrons. The second-order valence-electron chi connectivity index (χ2n) is 6.45. The van der Waals surface area contributed by atoms with Crippen molar-refractivity contribution in [2.24, 2.45) is 0 Å². The third kappa shape index (κ3) is 7.02. The van der Waals surface area contributed by atoms with Gasteiger partial charge in [-0.15, -0.1) is 0 Å². The van der Waals surface area contributed by atoms with Crippen LogP contribution in [0.4, 0.5) is 0 Å². The number of hydrogen-bond donors (Lipinski definition) is 1. The molecule has 8 nitrogen and oxygen atoms in total. The van der Waals surface area contributed by atoms with Gasteiger partial charge in [-0.05, 0) is 37.5 Å². The van der Waals surface area contributed by atoms with E-state index in [2.05, 4.69) is 5.32 Å². The van der Waals surface area contributed by atoms with Crippen LogP contribution in [0.5, 0.6) is 0 Å². The van der Waals surface area contributed by atoms with Gasteiger partial charge in [0.15, 0.2) is 6.61 Å². The number of benzene rings is 1. The van der Waals surface area contributed by atoms with Gasteiger partial charge in [-0.2, -0.15) is 0 Å². The minimum Gasteiger partial charge on any atom is -0.466 e. The van der Waals surface area contributed by atoms with E-state index in [0.29, 0.717) is 38.1 Å². The van der Waals surface area contributed by atoms with Crippen LogP contribution in [0, 0.1) is 0 Å². The maximum atomic E-state index is 12.0. The number of carbonyl (C=O) groups is 4. The van der Waals surface area contributed by atoms with E-state index in [-0.39, 0.29) is 24.9 Å². The molecule has 1 fully saturated rings. The Morgan fingerprint density at radius 1 is 1.14 bits per heavy atom. The number of carbonyl (C=O) groups excluding carboxylic acids is 4. The Morgan fingerprint density at radius 2 is 1.89 bits per heavy atom. The van der Waals surface area contributed by atoms with Gasteiger partial charge in [0.05, 0.1) is 12.2 Å². The quantitative estimate of drug-likeness (QED) is 0.479. The van der Waals surface area contributed by atoms with Crippen molar-refractivity contribution in [2.75, 3.05) is 26.3 Å². The molecule has 0 aromatic heterocycles. The molecule has 0 radical (unpaired) electrons. The Balaban J connectivity index is 1.67. The van der Waals surface area contributed by atoms with Crippen molar-refractivity contribution in [3.8, 4) is 0 Å². The molecule has 2 rings (SSSR count). The fourth-order valence-corrected chi connectivity index (χ4v) is 2.80. The van der Waals surface area contributed by atoms with Gasteiger partial charge in [0.2, 0.25) is 5.91 Å². The lowest BCUT2D eigenvalue weighted by Crippen LogP contribution is -2.30. The van der Waals surface area contributed by atoms with E-state index in [4.69, 9.17) is 9.47 Å². The summed E-state index contributed by atoms with van der Waals surface area (Å²) in [6.45, 7) is 3.27. The predicted molar refractivity (Wildman–Crippen MR) is 100 cm³/mol. The molecule has 2 amide bonds. The Labute approximate surface area is 164 Å². The summed E-state index contributed by atoms with van der Waals surface area (Å²) in [6, 6.07) is 6.79. The molecule has 1 aromatic rings. The molecule has 1 N–H and O–H groups in total. The first-order valence-corrected chi connectivity index (χ1v) is 9.45. The number of rotatable bonds is 10. The van der Waals surface area contributed by atoms with Crippen molar-refractivity contribution in [3.63, 3.8) is 0 Å². The highest BCUT2D eigenvalue weighted by molar-refractivity contribution is 5.91. The molecule has 0 spiro atoms. The first-order chi connectivity index (χ1) is 13.5. The number of hydrogen-bond acceptors (Lipinski definition) is 6. The zero-order valence-electron chi connectivity index (χ0n) is 16.1. The van der Waals surface area contributed by atoms with Gasteiger partial charge in [-0.1, -0.05) is 12.1 Å². The van der Waals surface area contributed by atoms with Gasteiger partial charge in [0.1, 0.15) is 0 Å². The molecule has 8 heteroatoms. The third-order valence-corrected chi connectivity index (χ3v) is 4.25. The number of amides is 2. The normalized spacial score (nSPS) is 13.3. The van der Waals surface area contributed by atoms with Crippen LogP contribution in [0.25, 0.3) is 0 Å². The van der Waals surface area contributed by atoms with E-state index >= 15 is 0 Å². The van der Waals surface area contributed by atoms with Gasteiger partial charge >= 0.3 is 11.9 Å². The van der Waals surface area contributed by atoms with Gasteiger partial charge in [-0.3, -0.25) is 14.4 Å². The summed E-state index contributed by atoms with van der Waals surface area (Å²) in [6.07, 6.45) is 2.16. The summed E-state index contributed by atoms with van der Waals surface area (Å²) < 4.78 is 9.78. The van der Waals surface area contributed by atoms with Crippen LogP contribution < -0.4 is 5.32 Å². The van der Waals surface area contributed by atoms with Crippen LogP contribution >= 0.6 is 0 Å². The number of ether oxygens (including phenoxy) is 2. The molecular weight excluding hydrogens is 364 g/mol. The molecule has 0 bridgehead atoms. The highest BCUT2D eigenvalue weighted by atomic mass is 16.5. The molecular formula is C20H26N2O6. The standard InChI is InChI=1S/C20H26N2O6/c1-2-27-19(25)6-3-11-21-17(23)14-28-20(26)16-9-7-15(8-10-16)13-22-12-4-5-18(22)24/h7-10H,2-6,11-14H2,1H3,(H,21,23). The maximum Gasteiger partial charge on any atom is 0.338 e. The van der Waals surface area contributed by atoms with Crippen molar-refractivity contribution < 1.29 is 28.7 Å². The largest absolute Gasteiger partial charge is 0.466 e. The molecule has 0 saturated carbocycles. The van der Waals surface area contributed by atoms with Gasteiger partial charge < -0.3 is 19.7 Å². The average molecular weight is 390 g/mol. The molecule has 0 atom stereocenters. The summed E-state index contributed by atoms with van der Waals surface area (Å²) in [5, 5.41) is 2.58. The Morgan fingerprint density at radius 3 is 2.54 bits per heavy atom. The van der Waals surface area contributed by atoms with E-state index < -0.39 is 11.9 Å². The van der Waals surface area contributed by atoms with E-state index in [9.17, 15) is 19.2 Å².